The normalized spacial score (nSPS) is 24.5. The van der Waals surface area contributed by atoms with Gasteiger partial charge >= 0.3 is 0 Å². The van der Waals surface area contributed by atoms with E-state index in [9.17, 15) is 10.1 Å². The Morgan fingerprint density at radius 1 is 1.18 bits per heavy atom. The van der Waals surface area contributed by atoms with Crippen molar-refractivity contribution in [3.8, 4) is 0 Å². The van der Waals surface area contributed by atoms with Crippen LogP contribution in [0.25, 0.3) is 0 Å². The molecule has 118 valence electrons. The molecule has 22 heavy (non-hydrogen) atoms. The zero-order valence-electron chi connectivity index (χ0n) is 12.5. The summed E-state index contributed by atoms with van der Waals surface area (Å²) in [6.45, 7) is 2.06. The van der Waals surface area contributed by atoms with Crippen LogP contribution in [0, 0.1) is 22.0 Å². The van der Waals surface area contributed by atoms with Crippen LogP contribution in [-0.2, 0) is 0 Å². The number of benzene rings is 1. The highest BCUT2D eigenvalue weighted by molar-refractivity contribution is 7.80. The molecule has 2 atom stereocenters. The van der Waals surface area contributed by atoms with Crippen molar-refractivity contribution in [3.05, 3.63) is 34.4 Å². The number of nitrogens with one attached hydrogen (secondary N) is 1. The van der Waals surface area contributed by atoms with Crippen molar-refractivity contribution in [1.29, 1.82) is 0 Å². The van der Waals surface area contributed by atoms with Gasteiger partial charge in [-0.1, -0.05) is 19.3 Å². The van der Waals surface area contributed by atoms with Crippen LogP contribution in [0.4, 0.5) is 11.4 Å². The molecule has 1 aromatic rings. The van der Waals surface area contributed by atoms with Crippen molar-refractivity contribution in [2.45, 2.75) is 32.1 Å². The van der Waals surface area contributed by atoms with Crippen LogP contribution in [0.3, 0.4) is 0 Å². The largest absolute Gasteiger partial charge is 0.349 e. The van der Waals surface area contributed by atoms with Gasteiger partial charge in [0.05, 0.1) is 4.92 Å². The first-order valence-electron chi connectivity index (χ1n) is 7.94. The molecule has 0 radical (unpaired) electrons. The number of thiocarbonyl (C=S) groups is 1. The van der Waals surface area contributed by atoms with Crippen LogP contribution in [-0.4, -0.2) is 28.0 Å². The lowest BCUT2D eigenvalue weighted by atomic mass is 9.75. The van der Waals surface area contributed by atoms with E-state index in [-0.39, 0.29) is 5.69 Å². The van der Waals surface area contributed by atoms with Gasteiger partial charge in [0.25, 0.3) is 5.69 Å². The molecule has 2 fully saturated rings. The number of hydrogen-bond acceptors (Lipinski definition) is 3. The molecule has 0 bridgehead atoms. The third kappa shape index (κ3) is 3.38. The fourth-order valence-corrected chi connectivity index (χ4v) is 3.94. The molecule has 3 rings (SSSR count). The van der Waals surface area contributed by atoms with Crippen LogP contribution in [0.2, 0.25) is 0 Å². The second kappa shape index (κ2) is 6.60. The Labute approximate surface area is 135 Å². The molecule has 1 N–H and O–H groups in total. The van der Waals surface area contributed by atoms with Crippen LogP contribution in [0.15, 0.2) is 24.3 Å². The molecule has 0 spiro atoms. The standard InChI is InChI=1S/C16H21N3O2S/c20-19(21)15-7-5-14(6-8-15)17-16(22)18-10-9-12-3-1-2-4-13(12)11-18/h5-8,12-13H,1-4,9-11H2,(H,17,22)/t12-,13+/m0/s1. The summed E-state index contributed by atoms with van der Waals surface area (Å²) in [5, 5.41) is 14.6. The first-order valence-corrected chi connectivity index (χ1v) is 8.34. The smallest absolute Gasteiger partial charge is 0.269 e. The van der Waals surface area contributed by atoms with Crippen molar-refractivity contribution in [1.82, 2.24) is 4.90 Å². The number of fused-ring (bicyclic) bond motifs is 1. The number of hydrogen-bond donors (Lipinski definition) is 1. The van der Waals surface area contributed by atoms with E-state index in [2.05, 4.69) is 10.2 Å². The van der Waals surface area contributed by atoms with Crippen LogP contribution in [0.1, 0.15) is 32.1 Å². The van der Waals surface area contributed by atoms with E-state index >= 15 is 0 Å². The molecule has 1 saturated heterocycles. The van der Waals surface area contributed by atoms with Gasteiger partial charge in [0.2, 0.25) is 0 Å². The summed E-state index contributed by atoms with van der Waals surface area (Å²) >= 11 is 5.52. The van der Waals surface area contributed by atoms with E-state index in [1.807, 2.05) is 0 Å². The third-order valence-corrected chi connectivity index (χ3v) is 5.27. The van der Waals surface area contributed by atoms with Gasteiger partial charge in [-0.05, 0) is 49.0 Å². The Hall–Kier alpha value is -1.69. The van der Waals surface area contributed by atoms with Gasteiger partial charge in [0.1, 0.15) is 0 Å². The predicted octanol–water partition coefficient (Wildman–Crippen LogP) is 3.80. The molecule has 0 unspecified atom stereocenters. The minimum absolute atomic E-state index is 0.0967. The third-order valence-electron chi connectivity index (χ3n) is 4.91. The molecule has 1 aromatic carbocycles. The van der Waals surface area contributed by atoms with Crippen molar-refractivity contribution in [2.24, 2.45) is 11.8 Å². The molecule has 2 aliphatic rings. The number of nitro groups is 1. The summed E-state index contributed by atoms with van der Waals surface area (Å²) < 4.78 is 0. The van der Waals surface area contributed by atoms with E-state index in [1.54, 1.807) is 12.1 Å². The maximum atomic E-state index is 10.7. The molecule has 0 amide bonds. The molecule has 0 aromatic heterocycles. The van der Waals surface area contributed by atoms with Crippen LogP contribution >= 0.6 is 12.2 Å². The Morgan fingerprint density at radius 3 is 2.55 bits per heavy atom. The molecule has 5 nitrogen and oxygen atoms in total. The molecule has 1 aliphatic carbocycles. The average molecular weight is 319 g/mol. The number of piperidine rings is 1. The summed E-state index contributed by atoms with van der Waals surface area (Å²) in [6.07, 6.45) is 6.65. The molecule has 1 aliphatic heterocycles. The Morgan fingerprint density at radius 2 is 1.86 bits per heavy atom. The lowest BCUT2D eigenvalue weighted by molar-refractivity contribution is -0.384. The van der Waals surface area contributed by atoms with Crippen molar-refractivity contribution in [2.75, 3.05) is 18.4 Å². The summed E-state index contributed by atoms with van der Waals surface area (Å²) in [5.41, 5.74) is 0.904. The predicted molar refractivity (Wildman–Crippen MR) is 91.0 cm³/mol. The zero-order chi connectivity index (χ0) is 15.5. The first-order chi connectivity index (χ1) is 10.6. The Balaban J connectivity index is 1.58. The highest BCUT2D eigenvalue weighted by Gasteiger charge is 2.31. The summed E-state index contributed by atoms with van der Waals surface area (Å²) in [5.74, 6) is 1.66. The fourth-order valence-electron chi connectivity index (χ4n) is 3.65. The number of likely N-dealkylation sites (tertiary alicyclic amines) is 1. The van der Waals surface area contributed by atoms with Crippen molar-refractivity contribution < 1.29 is 4.92 Å². The molecular weight excluding hydrogens is 298 g/mol. The number of nitro benzene ring substituents is 1. The number of rotatable bonds is 2. The van der Waals surface area contributed by atoms with Gasteiger partial charge in [-0.15, -0.1) is 0 Å². The van der Waals surface area contributed by atoms with Gasteiger partial charge in [0.15, 0.2) is 5.11 Å². The first kappa shape index (κ1) is 15.2. The van der Waals surface area contributed by atoms with Gasteiger partial charge in [0, 0.05) is 30.9 Å². The number of non-ortho nitro benzene ring substituents is 1. The summed E-state index contributed by atoms with van der Waals surface area (Å²) in [7, 11) is 0. The minimum atomic E-state index is -0.393. The maximum absolute atomic E-state index is 10.7. The van der Waals surface area contributed by atoms with Crippen LogP contribution < -0.4 is 5.32 Å². The lowest BCUT2D eigenvalue weighted by Gasteiger charge is -2.42. The quantitative estimate of drug-likeness (QED) is 0.510. The summed E-state index contributed by atoms with van der Waals surface area (Å²) in [4.78, 5) is 12.5. The fraction of sp³-hybridized carbons (Fsp3) is 0.562. The van der Waals surface area contributed by atoms with E-state index in [4.69, 9.17) is 12.2 Å². The Bertz CT molecular complexity index is 561. The minimum Gasteiger partial charge on any atom is -0.349 e. The monoisotopic (exact) mass is 319 g/mol. The van der Waals surface area contributed by atoms with Gasteiger partial charge in [-0.3, -0.25) is 10.1 Å². The average Bonchev–Trinajstić information content (AvgIpc) is 2.55. The second-order valence-electron chi connectivity index (χ2n) is 6.27. The number of anilines is 1. The van der Waals surface area contributed by atoms with E-state index in [0.29, 0.717) is 0 Å². The van der Waals surface area contributed by atoms with Gasteiger partial charge in [-0.25, -0.2) is 0 Å². The SMILES string of the molecule is O=[N+]([O-])c1ccc(NC(=S)N2CC[C@@H]3CCCC[C@@H]3C2)cc1. The van der Waals surface area contributed by atoms with Crippen molar-refractivity contribution in [3.63, 3.8) is 0 Å². The molecule has 1 saturated carbocycles. The van der Waals surface area contributed by atoms with E-state index < -0.39 is 4.92 Å². The Kier molecular flexibility index (Phi) is 4.57. The second-order valence-corrected chi connectivity index (χ2v) is 6.66. The summed E-state index contributed by atoms with van der Waals surface area (Å²) in [6, 6.07) is 6.41. The van der Waals surface area contributed by atoms with Gasteiger partial charge in [-0.2, -0.15) is 0 Å². The maximum Gasteiger partial charge on any atom is 0.269 e. The van der Waals surface area contributed by atoms with E-state index in [1.165, 1.54) is 44.2 Å². The molecular formula is C16H21N3O2S. The highest BCUT2D eigenvalue weighted by Crippen LogP contribution is 2.36. The van der Waals surface area contributed by atoms with Crippen LogP contribution in [0.5, 0.6) is 0 Å². The lowest BCUT2D eigenvalue weighted by Crippen LogP contribution is -2.46. The van der Waals surface area contributed by atoms with Gasteiger partial charge < -0.3 is 10.2 Å². The number of nitrogens with zero attached hydrogens (tertiary/aromatic N) is 2. The van der Waals surface area contributed by atoms with E-state index in [0.717, 1.165) is 35.7 Å². The van der Waals surface area contributed by atoms with Crippen molar-refractivity contribution >= 4 is 28.7 Å². The topological polar surface area (TPSA) is 58.4 Å². The zero-order valence-corrected chi connectivity index (χ0v) is 13.3. The molecule has 6 heteroatoms. The molecule has 1 heterocycles. The highest BCUT2D eigenvalue weighted by atomic mass is 32.1.